The molecule has 94 valence electrons. The minimum Gasteiger partial charge on any atom is -0.496 e. The summed E-state index contributed by atoms with van der Waals surface area (Å²) in [6.45, 7) is 5.83. The van der Waals surface area contributed by atoms with Crippen LogP contribution in [0.1, 0.15) is 42.9 Å². The van der Waals surface area contributed by atoms with Crippen LogP contribution in [0.15, 0.2) is 12.1 Å². The number of hydrogen-bond donors (Lipinski definition) is 0. The first kappa shape index (κ1) is 13.8. The van der Waals surface area contributed by atoms with Gasteiger partial charge < -0.3 is 9.53 Å². The van der Waals surface area contributed by atoms with Gasteiger partial charge in [0.15, 0.2) is 0 Å². The van der Waals surface area contributed by atoms with E-state index in [1.807, 2.05) is 0 Å². The molecule has 0 aliphatic carbocycles. The normalized spacial score (nSPS) is 10.4. The summed E-state index contributed by atoms with van der Waals surface area (Å²) in [7, 11) is 1.72. The van der Waals surface area contributed by atoms with Crippen molar-refractivity contribution in [2.24, 2.45) is 0 Å². The fourth-order valence-corrected chi connectivity index (χ4v) is 2.21. The number of hydrogen-bond acceptors (Lipinski definition) is 2. The van der Waals surface area contributed by atoms with Crippen LogP contribution in [0.4, 0.5) is 0 Å². The predicted octanol–water partition coefficient (Wildman–Crippen LogP) is 3.61. The molecule has 0 spiro atoms. The number of benzene rings is 1. The maximum Gasteiger partial charge on any atom is 0.129 e. The Balaban J connectivity index is 2.66. The second kappa shape index (κ2) is 6.43. The van der Waals surface area contributed by atoms with Crippen LogP contribution in [0, 0.1) is 13.8 Å². The Morgan fingerprint density at radius 1 is 1.24 bits per heavy atom. The van der Waals surface area contributed by atoms with Gasteiger partial charge in [0.1, 0.15) is 11.5 Å². The molecule has 1 rings (SSSR count). The highest BCUT2D eigenvalue weighted by atomic mass is 16.5. The van der Waals surface area contributed by atoms with Gasteiger partial charge in [-0.15, -0.1) is 0 Å². The third-order valence-electron chi connectivity index (χ3n) is 2.92. The fourth-order valence-electron chi connectivity index (χ4n) is 2.21. The third kappa shape index (κ3) is 4.22. The number of carbonyl (C=O) groups excluding carboxylic acids is 1. The predicted molar refractivity (Wildman–Crippen MR) is 70.7 cm³/mol. The van der Waals surface area contributed by atoms with E-state index in [1.54, 1.807) is 14.0 Å². The van der Waals surface area contributed by atoms with Crippen molar-refractivity contribution in [2.45, 2.75) is 46.5 Å². The molecule has 1 aromatic rings. The number of ether oxygens (including phenoxy) is 1. The summed E-state index contributed by atoms with van der Waals surface area (Å²) in [6.07, 6.45) is 3.68. The van der Waals surface area contributed by atoms with E-state index in [0.717, 1.165) is 25.0 Å². The summed E-state index contributed by atoms with van der Waals surface area (Å²) < 4.78 is 5.44. The molecular weight excluding hydrogens is 212 g/mol. The molecule has 0 saturated carbocycles. The van der Waals surface area contributed by atoms with E-state index < -0.39 is 0 Å². The van der Waals surface area contributed by atoms with Gasteiger partial charge in [-0.2, -0.15) is 0 Å². The lowest BCUT2D eigenvalue weighted by molar-refractivity contribution is -0.117. The van der Waals surface area contributed by atoms with Gasteiger partial charge in [0.25, 0.3) is 0 Å². The quantitative estimate of drug-likeness (QED) is 0.703. The first-order valence-corrected chi connectivity index (χ1v) is 6.18. The molecule has 0 heterocycles. The third-order valence-corrected chi connectivity index (χ3v) is 2.92. The van der Waals surface area contributed by atoms with Crippen molar-refractivity contribution >= 4 is 5.78 Å². The lowest BCUT2D eigenvalue weighted by Crippen LogP contribution is -1.97. The number of unbranched alkanes of at least 4 members (excludes halogenated alkanes) is 1. The molecule has 2 heteroatoms. The van der Waals surface area contributed by atoms with Crippen LogP contribution >= 0.6 is 0 Å². The Bertz CT molecular complexity index is 394. The smallest absolute Gasteiger partial charge is 0.129 e. The molecule has 0 aliphatic heterocycles. The second-order valence-electron chi connectivity index (χ2n) is 4.68. The summed E-state index contributed by atoms with van der Waals surface area (Å²) in [6, 6.07) is 4.32. The van der Waals surface area contributed by atoms with Crippen LogP contribution in [0.25, 0.3) is 0 Å². The number of ketones is 1. The SMILES string of the molecule is COc1c(C)cc(C)cc1CCCCC(C)=O. The van der Waals surface area contributed by atoms with Crippen molar-refractivity contribution in [3.8, 4) is 5.75 Å². The maximum absolute atomic E-state index is 10.9. The first-order chi connectivity index (χ1) is 8.04. The van der Waals surface area contributed by atoms with Crippen molar-refractivity contribution in [3.05, 3.63) is 28.8 Å². The van der Waals surface area contributed by atoms with Crippen LogP contribution < -0.4 is 4.74 Å². The van der Waals surface area contributed by atoms with Crippen LogP contribution in [-0.4, -0.2) is 12.9 Å². The van der Waals surface area contributed by atoms with Crippen molar-refractivity contribution in [1.29, 1.82) is 0 Å². The molecule has 2 nitrogen and oxygen atoms in total. The van der Waals surface area contributed by atoms with Crippen LogP contribution in [-0.2, 0) is 11.2 Å². The zero-order valence-electron chi connectivity index (χ0n) is 11.3. The molecule has 0 amide bonds. The topological polar surface area (TPSA) is 26.3 Å². The van der Waals surface area contributed by atoms with Crippen molar-refractivity contribution < 1.29 is 9.53 Å². The standard InChI is InChI=1S/C15H22O2/c1-11-9-12(2)15(17-4)14(10-11)8-6-5-7-13(3)16/h9-10H,5-8H2,1-4H3. The molecule has 0 unspecified atom stereocenters. The van der Waals surface area contributed by atoms with Crippen molar-refractivity contribution in [2.75, 3.05) is 7.11 Å². The van der Waals surface area contributed by atoms with E-state index in [9.17, 15) is 4.79 Å². The summed E-state index contributed by atoms with van der Waals surface area (Å²) in [5, 5.41) is 0. The molecule has 0 atom stereocenters. The Labute approximate surface area is 104 Å². The van der Waals surface area contributed by atoms with E-state index >= 15 is 0 Å². The monoisotopic (exact) mass is 234 g/mol. The number of aryl methyl sites for hydroxylation is 3. The van der Waals surface area contributed by atoms with E-state index in [4.69, 9.17) is 4.74 Å². The lowest BCUT2D eigenvalue weighted by atomic mass is 10.00. The minimum atomic E-state index is 0.275. The molecule has 1 aromatic carbocycles. The number of carbonyl (C=O) groups is 1. The Morgan fingerprint density at radius 2 is 1.94 bits per heavy atom. The maximum atomic E-state index is 10.9. The second-order valence-corrected chi connectivity index (χ2v) is 4.68. The number of rotatable bonds is 6. The van der Waals surface area contributed by atoms with Crippen molar-refractivity contribution in [3.63, 3.8) is 0 Å². The van der Waals surface area contributed by atoms with E-state index in [1.165, 1.54) is 16.7 Å². The number of methoxy groups -OCH3 is 1. The van der Waals surface area contributed by atoms with Crippen LogP contribution in [0.5, 0.6) is 5.75 Å². The Hall–Kier alpha value is -1.31. The highest BCUT2D eigenvalue weighted by Crippen LogP contribution is 2.26. The van der Waals surface area contributed by atoms with Gasteiger partial charge >= 0.3 is 0 Å². The molecule has 0 saturated heterocycles. The summed E-state index contributed by atoms with van der Waals surface area (Å²) >= 11 is 0. The highest BCUT2D eigenvalue weighted by Gasteiger charge is 2.07. The first-order valence-electron chi connectivity index (χ1n) is 6.18. The summed E-state index contributed by atoms with van der Waals surface area (Å²) in [4.78, 5) is 10.9. The minimum absolute atomic E-state index is 0.275. The van der Waals surface area contributed by atoms with Crippen molar-refractivity contribution in [1.82, 2.24) is 0 Å². The Kier molecular flexibility index (Phi) is 5.20. The van der Waals surface area contributed by atoms with E-state index in [2.05, 4.69) is 26.0 Å². The zero-order valence-corrected chi connectivity index (χ0v) is 11.3. The van der Waals surface area contributed by atoms with Crippen LogP contribution in [0.2, 0.25) is 0 Å². The van der Waals surface area contributed by atoms with Gasteiger partial charge in [0, 0.05) is 6.42 Å². The zero-order chi connectivity index (χ0) is 12.8. The van der Waals surface area contributed by atoms with Gasteiger partial charge in [-0.3, -0.25) is 0 Å². The molecule has 0 aromatic heterocycles. The Morgan fingerprint density at radius 3 is 2.53 bits per heavy atom. The number of Topliss-reactive ketones (excluding diaryl/α,β-unsaturated/α-hetero) is 1. The molecule has 0 bridgehead atoms. The van der Waals surface area contributed by atoms with Gasteiger partial charge in [0.05, 0.1) is 7.11 Å². The molecule has 0 radical (unpaired) electrons. The van der Waals surface area contributed by atoms with Gasteiger partial charge in [-0.05, 0) is 51.2 Å². The summed E-state index contributed by atoms with van der Waals surface area (Å²) in [5.41, 5.74) is 3.72. The largest absolute Gasteiger partial charge is 0.496 e. The van der Waals surface area contributed by atoms with Gasteiger partial charge in [-0.1, -0.05) is 17.7 Å². The van der Waals surface area contributed by atoms with E-state index in [0.29, 0.717) is 6.42 Å². The molecule has 0 fully saturated rings. The highest BCUT2D eigenvalue weighted by molar-refractivity contribution is 5.75. The molecule has 0 N–H and O–H groups in total. The lowest BCUT2D eigenvalue weighted by Gasteiger charge is -2.12. The average Bonchev–Trinajstić information content (AvgIpc) is 2.23. The molecule has 0 aliphatic rings. The molecular formula is C15H22O2. The summed E-state index contributed by atoms with van der Waals surface area (Å²) in [5.74, 6) is 1.27. The van der Waals surface area contributed by atoms with E-state index in [-0.39, 0.29) is 5.78 Å². The average molecular weight is 234 g/mol. The molecule has 17 heavy (non-hydrogen) atoms. The van der Waals surface area contributed by atoms with Gasteiger partial charge in [-0.25, -0.2) is 0 Å². The van der Waals surface area contributed by atoms with Gasteiger partial charge in [0.2, 0.25) is 0 Å². The fraction of sp³-hybridized carbons (Fsp3) is 0.533. The van der Waals surface area contributed by atoms with Crippen LogP contribution in [0.3, 0.4) is 0 Å².